The van der Waals surface area contributed by atoms with Crippen molar-refractivity contribution < 1.29 is 9.84 Å². The minimum Gasteiger partial charge on any atom is -0.383 e. The zero-order valence-electron chi connectivity index (χ0n) is 15.9. The van der Waals surface area contributed by atoms with Gasteiger partial charge in [0.2, 0.25) is 0 Å². The first-order valence-corrected chi connectivity index (χ1v) is 9.84. The number of benzene rings is 1. The SMILES string of the molecule is CC1OCCC1n1c(=O)c2c(-n3cc(C4(O)CC4)nn3)ncn2c2ccccc21. The van der Waals surface area contributed by atoms with Crippen molar-refractivity contribution in [1.29, 1.82) is 0 Å². The van der Waals surface area contributed by atoms with E-state index in [0.717, 1.165) is 17.5 Å². The van der Waals surface area contributed by atoms with Crippen molar-refractivity contribution in [2.75, 3.05) is 6.61 Å². The van der Waals surface area contributed by atoms with Crippen LogP contribution in [0.3, 0.4) is 0 Å². The zero-order valence-corrected chi connectivity index (χ0v) is 15.9. The highest BCUT2D eigenvalue weighted by Crippen LogP contribution is 2.44. The molecular formula is C20H20N6O3. The van der Waals surface area contributed by atoms with Gasteiger partial charge in [0.15, 0.2) is 11.3 Å². The Balaban J connectivity index is 1.64. The summed E-state index contributed by atoms with van der Waals surface area (Å²) in [4.78, 5) is 18.2. The van der Waals surface area contributed by atoms with Crippen molar-refractivity contribution in [2.24, 2.45) is 0 Å². The summed E-state index contributed by atoms with van der Waals surface area (Å²) in [5.74, 6) is 0.407. The van der Waals surface area contributed by atoms with Crippen molar-refractivity contribution in [3.05, 3.63) is 52.8 Å². The summed E-state index contributed by atoms with van der Waals surface area (Å²) in [6, 6.07) is 7.77. The molecule has 1 saturated carbocycles. The fraction of sp³-hybridized carbons (Fsp3) is 0.400. The van der Waals surface area contributed by atoms with E-state index in [2.05, 4.69) is 15.3 Å². The molecule has 9 nitrogen and oxygen atoms in total. The van der Waals surface area contributed by atoms with Crippen LogP contribution in [0.2, 0.25) is 0 Å². The second-order valence-electron chi connectivity index (χ2n) is 7.96. The Morgan fingerprint density at radius 1 is 1.24 bits per heavy atom. The van der Waals surface area contributed by atoms with Crippen molar-refractivity contribution in [1.82, 2.24) is 28.9 Å². The van der Waals surface area contributed by atoms with Gasteiger partial charge in [-0.2, -0.15) is 4.68 Å². The standard InChI is InChI=1S/C20H20N6O3/c1-12-13(6-9-29-12)26-15-5-3-2-4-14(15)24-11-21-18(17(24)19(26)27)25-10-16(22-23-25)20(28)7-8-20/h2-5,10-13,28H,6-9H2,1H3. The molecule has 1 N–H and O–H groups in total. The summed E-state index contributed by atoms with van der Waals surface area (Å²) in [6.45, 7) is 2.63. The third kappa shape index (κ3) is 2.34. The minimum atomic E-state index is -0.892. The first-order chi connectivity index (χ1) is 14.1. The molecule has 0 amide bonds. The predicted molar refractivity (Wildman–Crippen MR) is 104 cm³/mol. The Morgan fingerprint density at radius 3 is 2.76 bits per heavy atom. The Kier molecular flexibility index (Phi) is 3.34. The number of hydrogen-bond donors (Lipinski definition) is 1. The maximum atomic E-state index is 13.7. The molecule has 6 rings (SSSR count). The molecule has 4 heterocycles. The van der Waals surface area contributed by atoms with Gasteiger partial charge < -0.3 is 9.84 Å². The molecule has 1 aliphatic heterocycles. The first-order valence-electron chi connectivity index (χ1n) is 9.84. The highest BCUT2D eigenvalue weighted by atomic mass is 16.5. The quantitative estimate of drug-likeness (QED) is 0.568. The molecule has 0 radical (unpaired) electrons. The normalized spacial score (nSPS) is 23.2. The molecular weight excluding hydrogens is 372 g/mol. The highest BCUT2D eigenvalue weighted by molar-refractivity contribution is 5.81. The molecule has 4 aromatic rings. The van der Waals surface area contributed by atoms with Crippen LogP contribution in [0.4, 0.5) is 0 Å². The van der Waals surface area contributed by atoms with Gasteiger partial charge in [-0.1, -0.05) is 17.3 Å². The molecule has 2 unspecified atom stereocenters. The van der Waals surface area contributed by atoms with Gasteiger partial charge >= 0.3 is 0 Å². The number of rotatable bonds is 3. The lowest BCUT2D eigenvalue weighted by atomic mass is 10.1. The number of nitrogens with zero attached hydrogens (tertiary/aromatic N) is 6. The monoisotopic (exact) mass is 392 g/mol. The van der Waals surface area contributed by atoms with Crippen LogP contribution in [0.1, 0.15) is 37.9 Å². The molecule has 3 aromatic heterocycles. The molecule has 148 valence electrons. The van der Waals surface area contributed by atoms with Crippen molar-refractivity contribution in [3.63, 3.8) is 0 Å². The average Bonchev–Trinajstić information content (AvgIpc) is 3.15. The molecule has 9 heteroatoms. The second kappa shape index (κ2) is 5.74. The van der Waals surface area contributed by atoms with E-state index in [-0.39, 0.29) is 17.7 Å². The van der Waals surface area contributed by atoms with Crippen LogP contribution in [0.15, 0.2) is 41.6 Å². The van der Waals surface area contributed by atoms with Gasteiger partial charge in [-0.05, 0) is 38.3 Å². The number of para-hydroxylation sites is 2. The van der Waals surface area contributed by atoms with Crippen molar-refractivity contribution >= 4 is 16.6 Å². The molecule has 1 aromatic carbocycles. The van der Waals surface area contributed by atoms with Crippen molar-refractivity contribution in [2.45, 2.75) is 43.9 Å². The van der Waals surface area contributed by atoms with E-state index in [9.17, 15) is 9.90 Å². The third-order valence-corrected chi connectivity index (χ3v) is 6.15. The van der Waals surface area contributed by atoms with Gasteiger partial charge in [0.1, 0.15) is 17.6 Å². The Labute approximate surface area is 165 Å². The van der Waals surface area contributed by atoms with E-state index >= 15 is 0 Å². The van der Waals surface area contributed by atoms with Crippen LogP contribution >= 0.6 is 0 Å². The van der Waals surface area contributed by atoms with Crippen LogP contribution in [0.5, 0.6) is 0 Å². The van der Waals surface area contributed by atoms with Crippen LogP contribution in [-0.4, -0.2) is 46.8 Å². The Hall–Kier alpha value is -3.04. The molecule has 0 bridgehead atoms. The number of aromatic nitrogens is 6. The average molecular weight is 392 g/mol. The van der Waals surface area contributed by atoms with Gasteiger partial charge in [-0.25, -0.2) is 4.98 Å². The lowest BCUT2D eigenvalue weighted by Gasteiger charge is -2.20. The number of imidazole rings is 1. The van der Waals surface area contributed by atoms with Gasteiger partial charge in [-0.15, -0.1) is 5.10 Å². The van der Waals surface area contributed by atoms with E-state index in [1.165, 1.54) is 4.68 Å². The molecule has 2 aliphatic rings. The molecule has 2 atom stereocenters. The summed E-state index contributed by atoms with van der Waals surface area (Å²) >= 11 is 0. The Morgan fingerprint density at radius 2 is 2.03 bits per heavy atom. The van der Waals surface area contributed by atoms with Crippen LogP contribution in [0.25, 0.3) is 22.4 Å². The predicted octanol–water partition coefficient (Wildman–Crippen LogP) is 1.56. The smallest absolute Gasteiger partial charge is 0.279 e. The summed E-state index contributed by atoms with van der Waals surface area (Å²) in [7, 11) is 0. The van der Waals surface area contributed by atoms with Crippen LogP contribution in [-0.2, 0) is 10.3 Å². The fourth-order valence-electron chi connectivity index (χ4n) is 4.33. The third-order valence-electron chi connectivity index (χ3n) is 6.15. The molecule has 2 fully saturated rings. The van der Waals surface area contributed by atoms with E-state index in [1.54, 1.807) is 16.9 Å². The van der Waals surface area contributed by atoms with Gasteiger partial charge in [-0.3, -0.25) is 13.8 Å². The minimum absolute atomic E-state index is 0.0429. The molecule has 29 heavy (non-hydrogen) atoms. The number of ether oxygens (including phenoxy) is 1. The second-order valence-corrected chi connectivity index (χ2v) is 7.96. The topological polar surface area (TPSA) is 99.5 Å². The Bertz CT molecular complexity index is 1310. The molecule has 0 spiro atoms. The van der Waals surface area contributed by atoms with Gasteiger partial charge in [0.05, 0.1) is 29.4 Å². The zero-order chi connectivity index (χ0) is 19.8. The van der Waals surface area contributed by atoms with Gasteiger partial charge in [0.25, 0.3) is 5.56 Å². The van der Waals surface area contributed by atoms with Crippen LogP contribution < -0.4 is 5.56 Å². The van der Waals surface area contributed by atoms with E-state index in [1.807, 2.05) is 35.8 Å². The summed E-state index contributed by atoms with van der Waals surface area (Å²) in [5, 5.41) is 18.6. The van der Waals surface area contributed by atoms with Crippen molar-refractivity contribution in [3.8, 4) is 5.82 Å². The summed E-state index contributed by atoms with van der Waals surface area (Å²) < 4.78 is 10.9. The summed E-state index contributed by atoms with van der Waals surface area (Å²) in [5.41, 5.74) is 1.65. The number of fused-ring (bicyclic) bond motifs is 3. The summed E-state index contributed by atoms with van der Waals surface area (Å²) in [6.07, 6.45) is 5.38. The van der Waals surface area contributed by atoms with Crippen LogP contribution in [0, 0.1) is 0 Å². The van der Waals surface area contributed by atoms with E-state index < -0.39 is 5.60 Å². The lowest BCUT2D eigenvalue weighted by Crippen LogP contribution is -2.30. The van der Waals surface area contributed by atoms with E-state index in [0.29, 0.717) is 36.5 Å². The largest absolute Gasteiger partial charge is 0.383 e. The first kappa shape index (κ1) is 16.9. The lowest BCUT2D eigenvalue weighted by molar-refractivity contribution is 0.108. The fourth-order valence-corrected chi connectivity index (χ4v) is 4.33. The highest BCUT2D eigenvalue weighted by Gasteiger charge is 2.45. The maximum Gasteiger partial charge on any atom is 0.279 e. The number of aliphatic hydroxyl groups is 1. The van der Waals surface area contributed by atoms with Gasteiger partial charge in [0, 0.05) is 6.61 Å². The number of hydrogen-bond acceptors (Lipinski definition) is 6. The molecule has 1 saturated heterocycles. The maximum absolute atomic E-state index is 13.7. The van der Waals surface area contributed by atoms with E-state index in [4.69, 9.17) is 4.74 Å². The molecule has 1 aliphatic carbocycles.